The summed E-state index contributed by atoms with van der Waals surface area (Å²) in [6, 6.07) is 0. The number of nitrogens with one attached hydrogen (secondary N) is 1. The quantitative estimate of drug-likeness (QED) is 0.618. The summed E-state index contributed by atoms with van der Waals surface area (Å²) in [5.74, 6) is 0.610. The molecule has 0 unspecified atom stereocenters. The highest BCUT2D eigenvalue weighted by molar-refractivity contribution is 5.87. The first-order chi connectivity index (χ1) is 5.06. The lowest BCUT2D eigenvalue weighted by atomic mass is 10.0. The van der Waals surface area contributed by atoms with Gasteiger partial charge in [-0.1, -0.05) is 19.4 Å². The van der Waals surface area contributed by atoms with Crippen molar-refractivity contribution in [3.63, 3.8) is 0 Å². The standard InChI is InChI=1S/C9H17NO/c1-7(2)5-8(3)6-9(11)10-4/h6-7H,5H2,1-4H3,(H,10,11)/b8-6-. The Kier molecular flexibility index (Phi) is 4.59. The molecule has 64 valence electrons. The topological polar surface area (TPSA) is 29.1 Å². The Labute approximate surface area is 68.7 Å². The van der Waals surface area contributed by atoms with Crippen LogP contribution in [0.5, 0.6) is 0 Å². The van der Waals surface area contributed by atoms with Gasteiger partial charge in [0.25, 0.3) is 0 Å². The van der Waals surface area contributed by atoms with E-state index < -0.39 is 0 Å². The minimum absolute atomic E-state index is 0.0110. The molecule has 1 amide bonds. The molecule has 0 aliphatic rings. The molecule has 0 atom stereocenters. The van der Waals surface area contributed by atoms with Crippen molar-refractivity contribution in [2.24, 2.45) is 5.92 Å². The van der Waals surface area contributed by atoms with Crippen LogP contribution in [-0.2, 0) is 4.79 Å². The lowest BCUT2D eigenvalue weighted by molar-refractivity contribution is -0.116. The maximum absolute atomic E-state index is 10.8. The van der Waals surface area contributed by atoms with Crippen LogP contribution in [0.4, 0.5) is 0 Å². The van der Waals surface area contributed by atoms with E-state index in [0.29, 0.717) is 5.92 Å². The van der Waals surface area contributed by atoms with Crippen molar-refractivity contribution in [1.29, 1.82) is 0 Å². The molecule has 0 bridgehead atoms. The molecule has 0 aliphatic heterocycles. The van der Waals surface area contributed by atoms with Crippen LogP contribution >= 0.6 is 0 Å². The van der Waals surface area contributed by atoms with Gasteiger partial charge in [-0.25, -0.2) is 0 Å². The van der Waals surface area contributed by atoms with Gasteiger partial charge in [0.1, 0.15) is 0 Å². The molecule has 0 radical (unpaired) electrons. The minimum atomic E-state index is -0.0110. The Balaban J connectivity index is 3.90. The molecule has 2 nitrogen and oxygen atoms in total. The number of hydrogen-bond acceptors (Lipinski definition) is 1. The van der Waals surface area contributed by atoms with Crippen molar-refractivity contribution < 1.29 is 4.79 Å². The third-order valence-corrected chi connectivity index (χ3v) is 1.35. The number of allylic oxidation sites excluding steroid dienone is 1. The van der Waals surface area contributed by atoms with Crippen LogP contribution < -0.4 is 5.32 Å². The molecule has 0 aromatic carbocycles. The van der Waals surface area contributed by atoms with Crippen LogP contribution in [0.2, 0.25) is 0 Å². The van der Waals surface area contributed by atoms with Crippen molar-refractivity contribution in [3.05, 3.63) is 11.6 Å². The van der Waals surface area contributed by atoms with Gasteiger partial charge in [-0.15, -0.1) is 0 Å². The fraction of sp³-hybridized carbons (Fsp3) is 0.667. The number of carbonyl (C=O) groups is 1. The Hall–Kier alpha value is -0.790. The fourth-order valence-corrected chi connectivity index (χ4v) is 0.999. The van der Waals surface area contributed by atoms with Crippen LogP contribution in [0.3, 0.4) is 0 Å². The summed E-state index contributed by atoms with van der Waals surface area (Å²) in [7, 11) is 1.64. The van der Waals surface area contributed by atoms with E-state index in [2.05, 4.69) is 19.2 Å². The average Bonchev–Trinajstić information content (AvgIpc) is 1.85. The lowest BCUT2D eigenvalue weighted by Crippen LogP contribution is -2.14. The summed E-state index contributed by atoms with van der Waals surface area (Å²) >= 11 is 0. The fourth-order valence-electron chi connectivity index (χ4n) is 0.999. The zero-order valence-corrected chi connectivity index (χ0v) is 7.77. The van der Waals surface area contributed by atoms with Crippen LogP contribution in [-0.4, -0.2) is 13.0 Å². The summed E-state index contributed by atoms with van der Waals surface area (Å²) in [6.45, 7) is 6.26. The second kappa shape index (κ2) is 4.94. The zero-order chi connectivity index (χ0) is 8.85. The monoisotopic (exact) mass is 155 g/mol. The largest absolute Gasteiger partial charge is 0.356 e. The second-order valence-electron chi connectivity index (χ2n) is 3.20. The van der Waals surface area contributed by atoms with Gasteiger partial charge in [0.15, 0.2) is 0 Å². The van der Waals surface area contributed by atoms with Gasteiger partial charge >= 0.3 is 0 Å². The highest BCUT2D eigenvalue weighted by atomic mass is 16.1. The summed E-state index contributed by atoms with van der Waals surface area (Å²) in [5.41, 5.74) is 1.14. The molecule has 0 fully saturated rings. The van der Waals surface area contributed by atoms with Gasteiger partial charge < -0.3 is 5.32 Å². The van der Waals surface area contributed by atoms with E-state index in [1.165, 1.54) is 0 Å². The van der Waals surface area contributed by atoms with Crippen LogP contribution in [0.15, 0.2) is 11.6 Å². The highest BCUT2D eigenvalue weighted by Crippen LogP contribution is 2.08. The summed E-state index contributed by atoms with van der Waals surface area (Å²) in [5, 5.41) is 2.55. The summed E-state index contributed by atoms with van der Waals surface area (Å²) < 4.78 is 0. The van der Waals surface area contributed by atoms with Crippen LogP contribution in [0.25, 0.3) is 0 Å². The number of amides is 1. The summed E-state index contributed by atoms with van der Waals surface area (Å²) in [4.78, 5) is 10.8. The number of likely N-dealkylation sites (N-methyl/N-ethyl adjacent to an activating group) is 1. The van der Waals surface area contributed by atoms with E-state index in [1.54, 1.807) is 13.1 Å². The van der Waals surface area contributed by atoms with Crippen molar-refractivity contribution in [2.45, 2.75) is 27.2 Å². The molecule has 0 saturated heterocycles. The third kappa shape index (κ3) is 5.64. The van der Waals surface area contributed by atoms with Gasteiger partial charge in [0, 0.05) is 13.1 Å². The second-order valence-corrected chi connectivity index (χ2v) is 3.20. The molecule has 2 heteroatoms. The van der Waals surface area contributed by atoms with Gasteiger partial charge in [-0.3, -0.25) is 4.79 Å². The molecule has 0 saturated carbocycles. The first-order valence-electron chi connectivity index (χ1n) is 3.95. The van der Waals surface area contributed by atoms with E-state index in [0.717, 1.165) is 12.0 Å². The normalized spacial score (nSPS) is 11.9. The van der Waals surface area contributed by atoms with Crippen LogP contribution in [0.1, 0.15) is 27.2 Å². The van der Waals surface area contributed by atoms with Gasteiger partial charge in [-0.2, -0.15) is 0 Å². The predicted octanol–water partition coefficient (Wildman–Crippen LogP) is 1.72. The molecular weight excluding hydrogens is 138 g/mol. The van der Waals surface area contributed by atoms with E-state index in [9.17, 15) is 4.79 Å². The molecule has 11 heavy (non-hydrogen) atoms. The van der Waals surface area contributed by atoms with Crippen LogP contribution in [0, 0.1) is 5.92 Å². The average molecular weight is 155 g/mol. The van der Waals surface area contributed by atoms with E-state index in [1.807, 2.05) is 6.92 Å². The Bertz CT molecular complexity index is 159. The van der Waals surface area contributed by atoms with E-state index in [4.69, 9.17) is 0 Å². The number of hydrogen-bond donors (Lipinski definition) is 1. The zero-order valence-electron chi connectivity index (χ0n) is 7.77. The first kappa shape index (κ1) is 10.2. The molecule has 0 rings (SSSR count). The maximum atomic E-state index is 10.8. The first-order valence-corrected chi connectivity index (χ1v) is 3.95. The Morgan fingerprint density at radius 1 is 1.55 bits per heavy atom. The SMILES string of the molecule is CNC(=O)/C=C(/C)CC(C)C. The number of rotatable bonds is 3. The summed E-state index contributed by atoms with van der Waals surface area (Å²) in [6.07, 6.45) is 2.65. The molecule has 0 heterocycles. The van der Waals surface area contributed by atoms with Gasteiger partial charge in [-0.05, 0) is 19.3 Å². The molecular formula is C9H17NO. The van der Waals surface area contributed by atoms with Crippen molar-refractivity contribution in [3.8, 4) is 0 Å². The van der Waals surface area contributed by atoms with Gasteiger partial charge in [0.05, 0.1) is 0 Å². The third-order valence-electron chi connectivity index (χ3n) is 1.35. The molecule has 0 spiro atoms. The van der Waals surface area contributed by atoms with Gasteiger partial charge in [0.2, 0.25) is 5.91 Å². The van der Waals surface area contributed by atoms with E-state index in [-0.39, 0.29) is 5.91 Å². The van der Waals surface area contributed by atoms with Crippen molar-refractivity contribution in [2.75, 3.05) is 7.05 Å². The van der Waals surface area contributed by atoms with Crippen molar-refractivity contribution >= 4 is 5.91 Å². The lowest BCUT2D eigenvalue weighted by Gasteiger charge is -2.03. The highest BCUT2D eigenvalue weighted by Gasteiger charge is 1.97. The molecule has 0 aliphatic carbocycles. The molecule has 1 N–H and O–H groups in total. The Morgan fingerprint density at radius 2 is 2.09 bits per heavy atom. The maximum Gasteiger partial charge on any atom is 0.243 e. The smallest absolute Gasteiger partial charge is 0.243 e. The minimum Gasteiger partial charge on any atom is -0.356 e. The van der Waals surface area contributed by atoms with E-state index >= 15 is 0 Å². The molecule has 0 aromatic rings. The number of carbonyl (C=O) groups excluding carboxylic acids is 1. The van der Waals surface area contributed by atoms with Crippen molar-refractivity contribution in [1.82, 2.24) is 5.32 Å². The predicted molar refractivity (Wildman–Crippen MR) is 47.3 cm³/mol. The Morgan fingerprint density at radius 3 is 2.45 bits per heavy atom. The molecule has 0 aromatic heterocycles.